The van der Waals surface area contributed by atoms with Crippen molar-refractivity contribution in [3.8, 4) is 0 Å². The van der Waals surface area contributed by atoms with Crippen LogP contribution in [0.25, 0.3) is 0 Å². The Bertz CT molecular complexity index is 364. The lowest BCUT2D eigenvalue weighted by molar-refractivity contribution is -0.118. The highest BCUT2D eigenvalue weighted by Crippen LogP contribution is 2.14. The van der Waals surface area contributed by atoms with Gasteiger partial charge in [-0.25, -0.2) is 0 Å². The summed E-state index contributed by atoms with van der Waals surface area (Å²) in [5.74, 6) is 0.227. The highest BCUT2D eigenvalue weighted by atomic mass is 35.5. The maximum Gasteiger partial charge on any atom is 0.138 e. The third-order valence-electron chi connectivity index (χ3n) is 2.85. The van der Waals surface area contributed by atoms with Crippen molar-refractivity contribution in [2.75, 3.05) is 19.6 Å². The van der Waals surface area contributed by atoms with Crippen molar-refractivity contribution in [3.05, 3.63) is 29.0 Å². The molecule has 0 N–H and O–H groups in total. The van der Waals surface area contributed by atoms with Crippen LogP contribution in [-0.2, 0) is 11.2 Å². The summed E-state index contributed by atoms with van der Waals surface area (Å²) in [4.78, 5) is 17.9. The van der Waals surface area contributed by atoms with Crippen LogP contribution in [0.3, 0.4) is 0 Å². The molecule has 0 spiro atoms. The van der Waals surface area contributed by atoms with E-state index in [1.54, 1.807) is 18.5 Å². The number of carbonyl (C=O) groups excluding carboxylic acids is 1. The first kappa shape index (κ1) is 14.1. The van der Waals surface area contributed by atoms with Gasteiger partial charge in [0.05, 0.1) is 5.02 Å². The third-order valence-corrected chi connectivity index (χ3v) is 3.19. The van der Waals surface area contributed by atoms with Gasteiger partial charge in [0, 0.05) is 31.8 Å². The number of hydrogen-bond donors (Lipinski definition) is 0. The fourth-order valence-corrected chi connectivity index (χ4v) is 1.86. The first-order valence-corrected chi connectivity index (χ1v) is 6.37. The largest absolute Gasteiger partial charge is 0.303 e. The van der Waals surface area contributed by atoms with Gasteiger partial charge in [-0.1, -0.05) is 25.4 Å². The van der Waals surface area contributed by atoms with Crippen molar-refractivity contribution >= 4 is 17.4 Å². The number of halogens is 1. The summed E-state index contributed by atoms with van der Waals surface area (Å²) >= 11 is 5.96. The van der Waals surface area contributed by atoms with Crippen molar-refractivity contribution in [1.29, 1.82) is 0 Å². The van der Waals surface area contributed by atoms with E-state index in [2.05, 4.69) is 23.7 Å². The summed E-state index contributed by atoms with van der Waals surface area (Å²) in [5, 5.41) is 0.573. The molecule has 17 heavy (non-hydrogen) atoms. The summed E-state index contributed by atoms with van der Waals surface area (Å²) in [6.07, 6.45) is 4.23. The SMILES string of the molecule is CCN(CC)CCC(=O)Cc1ccncc1Cl. The molecule has 0 aliphatic heterocycles. The Morgan fingerprint density at radius 3 is 2.71 bits per heavy atom. The zero-order chi connectivity index (χ0) is 12.7. The van der Waals surface area contributed by atoms with Gasteiger partial charge in [-0.2, -0.15) is 0 Å². The molecule has 1 rings (SSSR count). The number of pyridine rings is 1. The molecule has 4 heteroatoms. The minimum Gasteiger partial charge on any atom is -0.303 e. The fraction of sp³-hybridized carbons (Fsp3) is 0.538. The lowest BCUT2D eigenvalue weighted by Crippen LogP contribution is -2.26. The minimum absolute atomic E-state index is 0.227. The third kappa shape index (κ3) is 4.84. The van der Waals surface area contributed by atoms with Gasteiger partial charge < -0.3 is 4.90 Å². The number of rotatable bonds is 7. The first-order valence-electron chi connectivity index (χ1n) is 5.99. The molecule has 0 aliphatic rings. The van der Waals surface area contributed by atoms with E-state index in [9.17, 15) is 4.79 Å². The molecule has 0 bridgehead atoms. The second kappa shape index (κ2) is 7.41. The Morgan fingerprint density at radius 1 is 1.41 bits per heavy atom. The highest BCUT2D eigenvalue weighted by molar-refractivity contribution is 6.31. The summed E-state index contributed by atoms with van der Waals surface area (Å²) in [7, 11) is 0. The average Bonchev–Trinajstić information content (AvgIpc) is 2.33. The van der Waals surface area contributed by atoms with Gasteiger partial charge in [0.2, 0.25) is 0 Å². The molecule has 0 fully saturated rings. The fourth-order valence-electron chi connectivity index (χ4n) is 1.67. The number of aromatic nitrogens is 1. The normalized spacial score (nSPS) is 10.8. The van der Waals surface area contributed by atoms with Crippen LogP contribution in [0.2, 0.25) is 5.02 Å². The van der Waals surface area contributed by atoms with E-state index in [0.717, 1.165) is 25.2 Å². The standard InChI is InChI=1S/C13H19ClN2O/c1-3-16(4-2)8-6-12(17)9-11-5-7-15-10-13(11)14/h5,7,10H,3-4,6,8-9H2,1-2H3. The number of nitrogens with zero attached hydrogens (tertiary/aromatic N) is 2. The molecule has 1 aromatic rings. The van der Waals surface area contributed by atoms with E-state index in [0.29, 0.717) is 17.9 Å². The molecule has 0 atom stereocenters. The Hall–Kier alpha value is -0.930. The van der Waals surface area contributed by atoms with Crippen LogP contribution in [0, 0.1) is 0 Å². The molecular formula is C13H19ClN2O. The van der Waals surface area contributed by atoms with E-state index >= 15 is 0 Å². The molecule has 1 aromatic heterocycles. The van der Waals surface area contributed by atoms with E-state index in [4.69, 9.17) is 11.6 Å². The van der Waals surface area contributed by atoms with Crippen LogP contribution < -0.4 is 0 Å². The van der Waals surface area contributed by atoms with Crippen molar-refractivity contribution in [2.24, 2.45) is 0 Å². The summed E-state index contributed by atoms with van der Waals surface area (Å²) in [5.41, 5.74) is 0.867. The Kier molecular flexibility index (Phi) is 6.16. The quantitative estimate of drug-likeness (QED) is 0.750. The summed E-state index contributed by atoms with van der Waals surface area (Å²) in [6, 6.07) is 1.80. The van der Waals surface area contributed by atoms with Gasteiger partial charge in [0.1, 0.15) is 5.78 Å². The Balaban J connectivity index is 2.42. The van der Waals surface area contributed by atoms with Crippen LogP contribution in [0.1, 0.15) is 25.8 Å². The number of hydrogen-bond acceptors (Lipinski definition) is 3. The smallest absolute Gasteiger partial charge is 0.138 e. The molecule has 94 valence electrons. The molecule has 0 aromatic carbocycles. The Labute approximate surface area is 108 Å². The predicted octanol–water partition coefficient (Wildman–Crippen LogP) is 2.58. The lowest BCUT2D eigenvalue weighted by atomic mass is 10.1. The number of ketones is 1. The van der Waals surface area contributed by atoms with E-state index in [1.165, 1.54) is 0 Å². The van der Waals surface area contributed by atoms with E-state index < -0.39 is 0 Å². The topological polar surface area (TPSA) is 33.2 Å². The second-order valence-corrected chi connectivity index (χ2v) is 4.37. The lowest BCUT2D eigenvalue weighted by Gasteiger charge is -2.17. The van der Waals surface area contributed by atoms with Crippen molar-refractivity contribution < 1.29 is 4.79 Å². The summed E-state index contributed by atoms with van der Waals surface area (Å²) in [6.45, 7) is 7.01. The van der Waals surface area contributed by atoms with E-state index in [-0.39, 0.29) is 5.78 Å². The zero-order valence-electron chi connectivity index (χ0n) is 10.4. The van der Waals surface area contributed by atoms with Gasteiger partial charge in [-0.15, -0.1) is 0 Å². The maximum absolute atomic E-state index is 11.8. The van der Waals surface area contributed by atoms with Crippen molar-refractivity contribution in [3.63, 3.8) is 0 Å². The van der Waals surface area contributed by atoms with Gasteiger partial charge in [0.25, 0.3) is 0 Å². The second-order valence-electron chi connectivity index (χ2n) is 3.96. The van der Waals surface area contributed by atoms with Crippen LogP contribution in [-0.4, -0.2) is 35.3 Å². The van der Waals surface area contributed by atoms with Crippen LogP contribution >= 0.6 is 11.6 Å². The summed E-state index contributed by atoms with van der Waals surface area (Å²) < 4.78 is 0. The van der Waals surface area contributed by atoms with Gasteiger partial charge in [-0.3, -0.25) is 9.78 Å². The number of Topliss-reactive ketones (excluding diaryl/α,β-unsaturated/α-hetero) is 1. The molecule has 1 heterocycles. The van der Waals surface area contributed by atoms with Crippen LogP contribution in [0.5, 0.6) is 0 Å². The molecule has 0 radical (unpaired) electrons. The van der Waals surface area contributed by atoms with Crippen LogP contribution in [0.15, 0.2) is 18.5 Å². The van der Waals surface area contributed by atoms with Gasteiger partial charge in [0.15, 0.2) is 0 Å². The average molecular weight is 255 g/mol. The molecule has 0 aliphatic carbocycles. The highest BCUT2D eigenvalue weighted by Gasteiger charge is 2.08. The first-order chi connectivity index (χ1) is 8.17. The molecule has 0 amide bonds. The van der Waals surface area contributed by atoms with E-state index in [1.807, 2.05) is 0 Å². The molecule has 0 saturated carbocycles. The number of carbonyl (C=O) groups is 1. The molecule has 0 unspecified atom stereocenters. The molecule has 3 nitrogen and oxygen atoms in total. The molecule has 0 saturated heterocycles. The maximum atomic E-state index is 11.8. The monoisotopic (exact) mass is 254 g/mol. The van der Waals surface area contributed by atoms with Crippen LogP contribution in [0.4, 0.5) is 0 Å². The molecular weight excluding hydrogens is 236 g/mol. The Morgan fingerprint density at radius 2 is 2.12 bits per heavy atom. The van der Waals surface area contributed by atoms with Gasteiger partial charge >= 0.3 is 0 Å². The minimum atomic E-state index is 0.227. The van der Waals surface area contributed by atoms with Gasteiger partial charge in [-0.05, 0) is 24.7 Å². The van der Waals surface area contributed by atoms with Crippen molar-refractivity contribution in [1.82, 2.24) is 9.88 Å². The van der Waals surface area contributed by atoms with Crippen molar-refractivity contribution in [2.45, 2.75) is 26.7 Å². The predicted molar refractivity (Wildman–Crippen MR) is 70.4 cm³/mol. The zero-order valence-corrected chi connectivity index (χ0v) is 11.2.